The molecule has 5 aliphatic heterocycles. The molecule has 22 nitrogen and oxygen atoms in total. The van der Waals surface area contributed by atoms with Gasteiger partial charge < -0.3 is 55.3 Å². The van der Waals surface area contributed by atoms with Gasteiger partial charge in [-0.15, -0.1) is 0 Å². The van der Waals surface area contributed by atoms with Crippen LogP contribution in [-0.4, -0.2) is 186 Å². The van der Waals surface area contributed by atoms with Crippen LogP contribution in [0.2, 0.25) is 0 Å². The molecule has 0 spiro atoms. The average Bonchev–Trinajstić information content (AvgIpc) is 1.58. The van der Waals surface area contributed by atoms with E-state index in [0.717, 1.165) is 34.2 Å². The zero-order chi connectivity index (χ0) is 67.5. The average molecular weight is 1300 g/mol. The number of carboxylic acid groups (broad SMARTS) is 1. The molecule has 0 radical (unpaired) electrons. The van der Waals surface area contributed by atoms with Gasteiger partial charge >= 0.3 is 12.2 Å². The Labute approximate surface area is 544 Å². The number of morpholine rings is 1. The Kier molecular flexibility index (Phi) is 20.5. The van der Waals surface area contributed by atoms with E-state index >= 15 is 13.6 Å². The maximum Gasteiger partial charge on any atom is 0.410 e. The summed E-state index contributed by atoms with van der Waals surface area (Å²) in [5, 5.41) is 21.2. The van der Waals surface area contributed by atoms with Crippen LogP contribution in [-0.2, 0) is 56.6 Å². The van der Waals surface area contributed by atoms with Crippen LogP contribution in [0.5, 0.6) is 0 Å². The SMILES string of the molecule is CC(C(=O)NC(C(=O)N1Cc2ccc(NC(=O)c3ccc(NC(=O)C4(C)CN(C(=O)CN5CC(C)N(C(=O)O)CC5CN5CCOC[C@H]5C)c5cc(Cc6ccc(F)cc6)ccc54)cc3)cc2[C@H]1C(=O)Nc1c(F)cccc1F)C1CCOCC1)N(C)C(=O)OC(C)(C)C. The molecule has 0 aromatic heterocycles. The Morgan fingerprint density at radius 2 is 1.46 bits per heavy atom. The fraction of sp³-hybridized carbons (Fsp3) is 0.449. The second-order valence-corrected chi connectivity index (χ2v) is 26.3. The Hall–Kier alpha value is -8.91. The first-order chi connectivity index (χ1) is 44.7. The standard InChI is InChI=1S/C69H81F3N10O12/c1-40-33-79(51(36-80(40)66(89)90)35-78-26-29-93-38-41(78)2)37-57(83)82-39-69(7,53-23-14-44(31-56(53)82)30-43-12-18-48(70)19-13-43)65(88)74-49-20-15-46(16-21-49)62(85)73-50-22-17-47-34-81(60(52(47)32-50)63(86)76-59-54(71)10-9-11-55(59)72)64(87)58(45-24-27-92-28-25-45)75-61(84)42(3)77(8)67(91)94-68(4,5)6/h9-23,31-32,40-42,45,51,58,60H,24-30,33-39H2,1-8H3,(H,73,85)(H,74,88)(H,75,84)(H,76,86)(H,89,90)/t40?,41-,42?,51?,58?,60+,69?/m1/s1. The number of para-hydroxylation sites is 1. The van der Waals surface area contributed by atoms with E-state index in [-0.39, 0.29) is 80.0 Å². The van der Waals surface area contributed by atoms with Crippen LogP contribution in [0.25, 0.3) is 0 Å². The number of amides is 8. The van der Waals surface area contributed by atoms with Crippen molar-refractivity contribution in [3.63, 3.8) is 0 Å². The third kappa shape index (κ3) is 15.2. The van der Waals surface area contributed by atoms with E-state index in [1.54, 1.807) is 69.0 Å². The lowest BCUT2D eigenvalue weighted by Crippen LogP contribution is -2.64. The summed E-state index contributed by atoms with van der Waals surface area (Å²) >= 11 is 0. The largest absolute Gasteiger partial charge is 0.465 e. The summed E-state index contributed by atoms with van der Waals surface area (Å²) in [6.07, 6.45) is -0.700. The van der Waals surface area contributed by atoms with E-state index in [1.807, 2.05) is 30.0 Å². The number of nitrogens with zero attached hydrogens (tertiary/aromatic N) is 6. The number of carbonyl (C=O) groups is 8. The fourth-order valence-corrected chi connectivity index (χ4v) is 13.0. The first kappa shape index (κ1) is 68.0. The van der Waals surface area contributed by atoms with Crippen LogP contribution < -0.4 is 26.2 Å². The van der Waals surface area contributed by atoms with E-state index < -0.39 is 100 Å². The molecular formula is C69H81F3N10O12. The summed E-state index contributed by atoms with van der Waals surface area (Å²) < 4.78 is 61.1. The summed E-state index contributed by atoms with van der Waals surface area (Å²) in [7, 11) is 1.39. The highest BCUT2D eigenvalue weighted by atomic mass is 19.1. The van der Waals surface area contributed by atoms with Crippen LogP contribution in [0.15, 0.2) is 103 Å². The van der Waals surface area contributed by atoms with E-state index in [2.05, 4.69) is 33.1 Å². The molecule has 5 aromatic rings. The van der Waals surface area contributed by atoms with Gasteiger partial charge in [0.25, 0.3) is 11.8 Å². The van der Waals surface area contributed by atoms with Crippen LogP contribution in [0, 0.1) is 23.4 Å². The van der Waals surface area contributed by atoms with Crippen molar-refractivity contribution >= 4 is 70.4 Å². The number of hydrogen-bond donors (Lipinski definition) is 5. The van der Waals surface area contributed by atoms with Gasteiger partial charge in [-0.25, -0.2) is 22.8 Å². The van der Waals surface area contributed by atoms with E-state index in [9.17, 15) is 43.1 Å². The number of halogens is 3. The van der Waals surface area contributed by atoms with Gasteiger partial charge in [-0.2, -0.15) is 0 Å². The van der Waals surface area contributed by atoms with E-state index in [4.69, 9.17) is 14.2 Å². The van der Waals surface area contributed by atoms with Gasteiger partial charge in [-0.1, -0.05) is 36.4 Å². The van der Waals surface area contributed by atoms with Crippen molar-refractivity contribution in [3.05, 3.63) is 154 Å². The minimum atomic E-state index is -1.54. The maximum atomic E-state index is 15.2. The van der Waals surface area contributed by atoms with Gasteiger partial charge in [0.05, 0.1) is 25.2 Å². The van der Waals surface area contributed by atoms with Crippen LogP contribution in [0.4, 0.5) is 45.5 Å². The van der Waals surface area contributed by atoms with Crippen molar-refractivity contribution < 1.29 is 70.8 Å². The molecule has 3 fully saturated rings. The maximum absolute atomic E-state index is 15.2. The molecule has 0 saturated carbocycles. The highest BCUT2D eigenvalue weighted by Crippen LogP contribution is 2.44. The summed E-state index contributed by atoms with van der Waals surface area (Å²) in [4.78, 5) is 123. The summed E-state index contributed by atoms with van der Waals surface area (Å²) in [6.45, 7) is 15.1. The minimum Gasteiger partial charge on any atom is -0.465 e. The van der Waals surface area contributed by atoms with Gasteiger partial charge in [0.2, 0.25) is 23.6 Å². The second-order valence-electron chi connectivity index (χ2n) is 26.3. The molecule has 0 bridgehead atoms. The molecule has 8 amide bonds. The molecule has 500 valence electrons. The van der Waals surface area contributed by atoms with Gasteiger partial charge in [-0.3, -0.25) is 43.5 Å². The number of nitrogens with one attached hydrogen (secondary N) is 4. The highest BCUT2D eigenvalue weighted by Gasteiger charge is 2.49. The summed E-state index contributed by atoms with van der Waals surface area (Å²) in [5.74, 6) is -6.71. The molecule has 5 N–H and O–H groups in total. The lowest BCUT2D eigenvalue weighted by molar-refractivity contribution is -0.144. The smallest absolute Gasteiger partial charge is 0.410 e. The zero-order valence-corrected chi connectivity index (χ0v) is 54.0. The van der Waals surface area contributed by atoms with Crippen LogP contribution in [0.3, 0.4) is 0 Å². The predicted molar refractivity (Wildman–Crippen MR) is 343 cm³/mol. The Morgan fingerprint density at radius 3 is 2.13 bits per heavy atom. The molecule has 0 aliphatic carbocycles. The summed E-state index contributed by atoms with van der Waals surface area (Å²) in [5.41, 5.74) is 1.19. The zero-order valence-electron chi connectivity index (χ0n) is 54.0. The Bertz CT molecular complexity index is 3680. The van der Waals surface area contributed by atoms with Crippen molar-refractivity contribution in [3.8, 4) is 0 Å². The number of hydrogen-bond acceptors (Lipinski definition) is 13. The van der Waals surface area contributed by atoms with Crippen molar-refractivity contribution in [1.82, 2.24) is 29.8 Å². The van der Waals surface area contributed by atoms with Crippen LogP contribution in [0.1, 0.15) is 106 Å². The third-order valence-corrected chi connectivity index (χ3v) is 18.5. The van der Waals surface area contributed by atoms with Crippen molar-refractivity contribution in [2.75, 3.05) is 93.6 Å². The number of anilines is 4. The Balaban J connectivity index is 0.869. The summed E-state index contributed by atoms with van der Waals surface area (Å²) in [6, 6.07) is 21.0. The number of fused-ring (bicyclic) bond motifs is 2. The number of carbonyl (C=O) groups excluding carboxylic acids is 7. The highest BCUT2D eigenvalue weighted by molar-refractivity contribution is 6.08. The lowest BCUT2D eigenvalue weighted by atomic mass is 9.83. The molecule has 25 heteroatoms. The normalized spacial score (nSPS) is 21.5. The first-order valence-electron chi connectivity index (χ1n) is 31.6. The van der Waals surface area contributed by atoms with Crippen molar-refractivity contribution in [2.45, 2.75) is 122 Å². The number of ether oxygens (including phenoxy) is 3. The quantitative estimate of drug-likeness (QED) is 0.0589. The molecule has 5 aliphatic rings. The molecule has 10 rings (SSSR count). The third-order valence-electron chi connectivity index (χ3n) is 18.5. The Morgan fingerprint density at radius 1 is 0.777 bits per heavy atom. The second kappa shape index (κ2) is 28.4. The fourth-order valence-electron chi connectivity index (χ4n) is 13.0. The number of likely N-dealkylation sites (N-methyl/N-ethyl adjacent to an activating group) is 1. The number of piperazine rings is 1. The van der Waals surface area contributed by atoms with Crippen molar-refractivity contribution in [1.29, 1.82) is 0 Å². The molecule has 5 aromatic carbocycles. The molecule has 7 atom stereocenters. The predicted octanol–water partition coefficient (Wildman–Crippen LogP) is 8.15. The monoisotopic (exact) mass is 1300 g/mol. The lowest BCUT2D eigenvalue weighted by Gasteiger charge is -2.47. The first-order valence-corrected chi connectivity index (χ1v) is 31.6. The minimum absolute atomic E-state index is 0.0416. The van der Waals surface area contributed by atoms with Gasteiger partial charge in [0.15, 0.2) is 0 Å². The number of rotatable bonds is 17. The molecule has 5 unspecified atom stereocenters. The number of benzene rings is 5. The molecular weight excluding hydrogens is 1220 g/mol. The topological polar surface area (TPSA) is 252 Å². The molecule has 94 heavy (non-hydrogen) atoms. The molecule has 5 heterocycles. The van der Waals surface area contributed by atoms with E-state index in [0.29, 0.717) is 74.6 Å². The van der Waals surface area contributed by atoms with Gasteiger partial charge in [0, 0.05) is 100 Å². The van der Waals surface area contributed by atoms with Gasteiger partial charge in [0.1, 0.15) is 46.9 Å². The van der Waals surface area contributed by atoms with Gasteiger partial charge in [-0.05, 0) is 168 Å². The molecule has 3 saturated heterocycles. The van der Waals surface area contributed by atoms with E-state index in [1.165, 1.54) is 54.1 Å². The van der Waals surface area contributed by atoms with Crippen molar-refractivity contribution in [2.24, 2.45) is 5.92 Å². The van der Waals surface area contributed by atoms with Crippen LogP contribution >= 0.6 is 0 Å².